The van der Waals surface area contributed by atoms with Crippen molar-refractivity contribution < 1.29 is 19.1 Å². The maximum atomic E-state index is 13.2. The van der Waals surface area contributed by atoms with Crippen LogP contribution in [0.4, 0.5) is 0 Å². The largest absolute Gasteiger partial charge is 0.497 e. The first-order chi connectivity index (χ1) is 17.6. The van der Waals surface area contributed by atoms with Crippen LogP contribution in [0.15, 0.2) is 79.0 Å². The lowest BCUT2D eigenvalue weighted by Crippen LogP contribution is -2.40. The monoisotopic (exact) mass is 487 g/mol. The third kappa shape index (κ3) is 7.39. The van der Waals surface area contributed by atoms with E-state index in [1.54, 1.807) is 18.2 Å². The molecule has 0 saturated carbocycles. The quantitative estimate of drug-likeness (QED) is 0.438. The van der Waals surface area contributed by atoms with Crippen LogP contribution >= 0.6 is 0 Å². The minimum atomic E-state index is -0.294. The Morgan fingerprint density at radius 3 is 2.56 bits per heavy atom. The molecule has 2 aromatic carbocycles. The topological polar surface area (TPSA) is 72.0 Å². The summed E-state index contributed by atoms with van der Waals surface area (Å²) in [4.78, 5) is 34.1. The van der Waals surface area contributed by atoms with Gasteiger partial charge in [-0.15, -0.1) is 0 Å². The highest BCUT2D eigenvalue weighted by Crippen LogP contribution is 2.17. The first-order valence-corrected chi connectivity index (χ1v) is 12.3. The van der Waals surface area contributed by atoms with Gasteiger partial charge in [0, 0.05) is 37.9 Å². The molecule has 1 unspecified atom stereocenters. The second-order valence-electron chi connectivity index (χ2n) is 8.96. The number of carbonyl (C=O) groups excluding carboxylic acids is 2. The maximum absolute atomic E-state index is 13.2. The summed E-state index contributed by atoms with van der Waals surface area (Å²) in [5, 5.41) is 0. The standard InChI is InChI=1S/C29H33N3O4/c1-35-26-12-7-10-24(18-26)22-36-27-19-31(17-15-23-8-3-2-4-9-23)29(34)21-32(20-27)28(33)14-13-25-11-5-6-16-30-25/h2-12,16,18,27H,13-15,17,19-22H2,1H3. The number of pyridine rings is 1. The molecule has 0 aliphatic carbocycles. The number of carbonyl (C=O) groups is 2. The van der Waals surface area contributed by atoms with Crippen LogP contribution in [0.5, 0.6) is 5.75 Å². The van der Waals surface area contributed by atoms with Crippen molar-refractivity contribution in [3.05, 3.63) is 95.8 Å². The Labute approximate surface area is 212 Å². The van der Waals surface area contributed by atoms with Gasteiger partial charge in [-0.1, -0.05) is 48.5 Å². The van der Waals surface area contributed by atoms with Crippen molar-refractivity contribution in [2.24, 2.45) is 0 Å². The Balaban J connectivity index is 1.43. The Kier molecular flexibility index (Phi) is 9.05. The van der Waals surface area contributed by atoms with Crippen molar-refractivity contribution in [3.63, 3.8) is 0 Å². The SMILES string of the molecule is COc1cccc(COC2CN(CCc3ccccc3)C(=O)CN(C(=O)CCc3ccccn3)C2)c1. The number of benzene rings is 2. The van der Waals surface area contributed by atoms with Crippen LogP contribution in [-0.4, -0.2) is 66.0 Å². The van der Waals surface area contributed by atoms with Crippen molar-refractivity contribution >= 4 is 11.8 Å². The van der Waals surface area contributed by atoms with Crippen molar-refractivity contribution in [3.8, 4) is 5.75 Å². The predicted octanol–water partition coefficient (Wildman–Crippen LogP) is 3.52. The normalized spacial score (nSPS) is 16.0. The first-order valence-electron chi connectivity index (χ1n) is 12.3. The van der Waals surface area contributed by atoms with Gasteiger partial charge >= 0.3 is 0 Å². The average Bonchev–Trinajstić information content (AvgIpc) is 3.09. The van der Waals surface area contributed by atoms with Gasteiger partial charge in [-0.25, -0.2) is 0 Å². The zero-order chi connectivity index (χ0) is 25.2. The smallest absolute Gasteiger partial charge is 0.242 e. The summed E-state index contributed by atoms with van der Waals surface area (Å²) in [6.07, 6.45) is 3.02. The van der Waals surface area contributed by atoms with Gasteiger partial charge in [0.15, 0.2) is 0 Å². The molecule has 1 aliphatic rings. The molecule has 2 heterocycles. The Hall–Kier alpha value is -3.71. The van der Waals surface area contributed by atoms with E-state index in [1.807, 2.05) is 65.6 Å². The van der Waals surface area contributed by atoms with E-state index in [0.717, 1.165) is 23.4 Å². The molecular weight excluding hydrogens is 454 g/mol. The molecular formula is C29H33N3O4. The van der Waals surface area contributed by atoms with Crippen LogP contribution in [0, 0.1) is 0 Å². The highest BCUT2D eigenvalue weighted by atomic mass is 16.5. The van der Waals surface area contributed by atoms with E-state index in [2.05, 4.69) is 17.1 Å². The highest BCUT2D eigenvalue weighted by Gasteiger charge is 2.30. The number of nitrogens with zero attached hydrogens (tertiary/aromatic N) is 3. The third-order valence-electron chi connectivity index (χ3n) is 6.33. The van der Waals surface area contributed by atoms with Crippen molar-refractivity contribution in [2.75, 3.05) is 33.3 Å². The van der Waals surface area contributed by atoms with E-state index in [4.69, 9.17) is 9.47 Å². The summed E-state index contributed by atoms with van der Waals surface area (Å²) < 4.78 is 11.6. The second-order valence-corrected chi connectivity index (χ2v) is 8.96. The van der Waals surface area contributed by atoms with Gasteiger partial charge in [-0.3, -0.25) is 14.6 Å². The summed E-state index contributed by atoms with van der Waals surface area (Å²) in [5.74, 6) is 0.654. The maximum Gasteiger partial charge on any atom is 0.242 e. The number of hydrogen-bond donors (Lipinski definition) is 0. The molecule has 1 saturated heterocycles. The van der Waals surface area contributed by atoms with Crippen molar-refractivity contribution in [2.45, 2.75) is 32.0 Å². The van der Waals surface area contributed by atoms with Gasteiger partial charge in [-0.2, -0.15) is 0 Å². The lowest BCUT2D eigenvalue weighted by atomic mass is 10.1. The summed E-state index contributed by atoms with van der Waals surface area (Å²) >= 11 is 0. The zero-order valence-electron chi connectivity index (χ0n) is 20.7. The van der Waals surface area contributed by atoms with Gasteiger partial charge in [0.2, 0.25) is 11.8 Å². The number of amides is 2. The summed E-state index contributed by atoms with van der Waals surface area (Å²) in [7, 11) is 1.63. The number of rotatable bonds is 10. The fourth-order valence-corrected chi connectivity index (χ4v) is 4.31. The van der Waals surface area contributed by atoms with E-state index in [0.29, 0.717) is 39.1 Å². The molecule has 1 aliphatic heterocycles. The van der Waals surface area contributed by atoms with E-state index in [1.165, 1.54) is 5.56 Å². The number of aromatic nitrogens is 1. The van der Waals surface area contributed by atoms with Crippen molar-refractivity contribution in [1.82, 2.24) is 14.8 Å². The van der Waals surface area contributed by atoms with Gasteiger partial charge in [-0.05, 0) is 48.2 Å². The van der Waals surface area contributed by atoms with E-state index >= 15 is 0 Å². The fraction of sp³-hybridized carbons (Fsp3) is 0.345. The highest BCUT2D eigenvalue weighted by molar-refractivity contribution is 5.85. The number of methoxy groups -OCH3 is 1. The molecule has 1 atom stereocenters. The third-order valence-corrected chi connectivity index (χ3v) is 6.33. The molecule has 7 heteroatoms. The lowest BCUT2D eigenvalue weighted by molar-refractivity contribution is -0.138. The Morgan fingerprint density at radius 2 is 1.78 bits per heavy atom. The first kappa shape index (κ1) is 25.4. The second kappa shape index (κ2) is 12.8. The van der Waals surface area contributed by atoms with Crippen LogP contribution in [0.3, 0.4) is 0 Å². The molecule has 0 spiro atoms. The number of aryl methyl sites for hydroxylation is 1. The van der Waals surface area contributed by atoms with Crippen LogP contribution in [0.1, 0.15) is 23.2 Å². The molecule has 2 amide bonds. The predicted molar refractivity (Wildman–Crippen MR) is 137 cm³/mol. The molecule has 0 radical (unpaired) electrons. The Morgan fingerprint density at radius 1 is 0.972 bits per heavy atom. The van der Waals surface area contributed by atoms with Gasteiger partial charge in [0.1, 0.15) is 5.75 Å². The molecule has 4 rings (SSSR count). The number of hydrogen-bond acceptors (Lipinski definition) is 5. The molecule has 3 aromatic rings. The average molecular weight is 488 g/mol. The number of ether oxygens (including phenoxy) is 2. The molecule has 0 N–H and O–H groups in total. The molecule has 7 nitrogen and oxygen atoms in total. The van der Waals surface area contributed by atoms with Crippen molar-refractivity contribution in [1.29, 1.82) is 0 Å². The molecule has 188 valence electrons. The van der Waals surface area contributed by atoms with Crippen LogP contribution in [0.2, 0.25) is 0 Å². The van der Waals surface area contributed by atoms with Gasteiger partial charge in [0.25, 0.3) is 0 Å². The van der Waals surface area contributed by atoms with Gasteiger partial charge in [0.05, 0.1) is 26.4 Å². The molecule has 1 aromatic heterocycles. The van der Waals surface area contributed by atoms with Crippen LogP contribution in [0.25, 0.3) is 0 Å². The molecule has 36 heavy (non-hydrogen) atoms. The summed E-state index contributed by atoms with van der Waals surface area (Å²) in [5.41, 5.74) is 3.02. The van der Waals surface area contributed by atoms with Gasteiger partial charge < -0.3 is 19.3 Å². The summed E-state index contributed by atoms with van der Waals surface area (Å²) in [6.45, 7) is 1.84. The van der Waals surface area contributed by atoms with E-state index in [-0.39, 0.29) is 24.5 Å². The fourth-order valence-electron chi connectivity index (χ4n) is 4.31. The van der Waals surface area contributed by atoms with E-state index in [9.17, 15) is 9.59 Å². The molecule has 0 bridgehead atoms. The Bertz CT molecular complexity index is 1120. The zero-order valence-corrected chi connectivity index (χ0v) is 20.7. The van der Waals surface area contributed by atoms with E-state index < -0.39 is 0 Å². The molecule has 1 fully saturated rings. The summed E-state index contributed by atoms with van der Waals surface area (Å²) in [6, 6.07) is 23.5. The van der Waals surface area contributed by atoms with Crippen LogP contribution < -0.4 is 4.74 Å². The lowest BCUT2D eigenvalue weighted by Gasteiger charge is -2.25. The van der Waals surface area contributed by atoms with Crippen LogP contribution in [-0.2, 0) is 33.8 Å². The minimum absolute atomic E-state index is 0.0513. The minimum Gasteiger partial charge on any atom is -0.497 e.